The van der Waals surface area contributed by atoms with Gasteiger partial charge in [-0.25, -0.2) is 13.2 Å². The number of nitrogens with zero attached hydrogens (tertiary/aromatic N) is 1. The SMILES string of the molecule is O=C(O)c1ccc(S(=O)(=O)NC(c2ccc(OC(F)(F)F)cc2)c2ncc3ccccc3c2Cl)cc1. The van der Waals surface area contributed by atoms with Crippen molar-refractivity contribution in [1.29, 1.82) is 0 Å². The largest absolute Gasteiger partial charge is 0.573 e. The number of alkyl halides is 3. The molecule has 0 aliphatic heterocycles. The van der Waals surface area contributed by atoms with Crippen molar-refractivity contribution in [2.24, 2.45) is 0 Å². The minimum atomic E-state index is -4.90. The number of hydrogen-bond acceptors (Lipinski definition) is 5. The number of carboxylic acids is 1. The standard InChI is InChI=1S/C24H16ClF3N2O5S/c25-20-19-4-2-1-3-16(19)13-29-22(20)21(14-5-9-17(10-6-14)35-24(26,27)28)30-36(33,34)18-11-7-15(8-12-18)23(31)32/h1-13,21,30H,(H,31,32). The first-order valence-corrected chi connectivity index (χ1v) is 12.1. The first-order valence-electron chi connectivity index (χ1n) is 10.2. The Morgan fingerprint density at radius 1 is 1.00 bits per heavy atom. The zero-order chi connectivity index (χ0) is 26.1. The summed E-state index contributed by atoms with van der Waals surface area (Å²) in [4.78, 5) is 15.2. The zero-order valence-electron chi connectivity index (χ0n) is 18.0. The van der Waals surface area contributed by atoms with E-state index in [1.54, 1.807) is 24.3 Å². The number of fused-ring (bicyclic) bond motifs is 1. The molecule has 0 saturated heterocycles. The van der Waals surface area contributed by atoms with Gasteiger partial charge in [-0.15, -0.1) is 13.2 Å². The Labute approximate surface area is 208 Å². The van der Waals surface area contributed by atoms with Gasteiger partial charge in [0.05, 0.1) is 27.2 Å². The first kappa shape index (κ1) is 25.4. The molecular formula is C24H16ClF3N2O5S. The molecule has 0 spiro atoms. The van der Waals surface area contributed by atoms with Crippen LogP contribution in [0, 0.1) is 0 Å². The molecule has 0 aliphatic carbocycles. The normalized spacial score (nSPS) is 12.9. The molecule has 3 aromatic carbocycles. The summed E-state index contributed by atoms with van der Waals surface area (Å²) in [5.74, 6) is -1.72. The maximum atomic E-state index is 13.2. The summed E-state index contributed by atoms with van der Waals surface area (Å²) in [6, 6.07) is 14.9. The second kappa shape index (κ2) is 9.76. The number of carbonyl (C=O) groups is 1. The summed E-state index contributed by atoms with van der Waals surface area (Å²) < 4.78 is 70.5. The van der Waals surface area contributed by atoms with Gasteiger partial charge in [-0.1, -0.05) is 48.0 Å². The molecule has 4 rings (SSSR count). The van der Waals surface area contributed by atoms with Gasteiger partial charge in [-0.05, 0) is 42.0 Å². The van der Waals surface area contributed by atoms with E-state index in [2.05, 4.69) is 14.4 Å². The summed E-state index contributed by atoms with van der Waals surface area (Å²) >= 11 is 6.60. The fourth-order valence-corrected chi connectivity index (χ4v) is 5.01. The molecule has 12 heteroatoms. The Bertz CT molecular complexity index is 1530. The molecule has 0 saturated carbocycles. The van der Waals surface area contributed by atoms with Crippen LogP contribution in [0.15, 0.2) is 83.9 Å². The van der Waals surface area contributed by atoms with Crippen molar-refractivity contribution < 1.29 is 36.2 Å². The van der Waals surface area contributed by atoms with Gasteiger partial charge in [-0.3, -0.25) is 4.98 Å². The number of rotatable bonds is 7. The fourth-order valence-electron chi connectivity index (χ4n) is 3.49. The number of pyridine rings is 1. The molecule has 1 heterocycles. The number of halogens is 4. The van der Waals surface area contributed by atoms with Gasteiger partial charge in [0.25, 0.3) is 0 Å². The fraction of sp³-hybridized carbons (Fsp3) is 0.0833. The summed E-state index contributed by atoms with van der Waals surface area (Å²) in [6.45, 7) is 0. The molecule has 1 unspecified atom stereocenters. The Hall–Kier alpha value is -3.67. The third kappa shape index (κ3) is 5.59. The molecule has 4 aromatic rings. The van der Waals surface area contributed by atoms with E-state index in [1.165, 1.54) is 18.3 Å². The van der Waals surface area contributed by atoms with Gasteiger partial charge in [-0.2, -0.15) is 4.72 Å². The summed E-state index contributed by atoms with van der Waals surface area (Å²) in [7, 11) is -4.26. The average Bonchev–Trinajstić information content (AvgIpc) is 2.83. The van der Waals surface area contributed by atoms with Gasteiger partial charge < -0.3 is 9.84 Å². The topological polar surface area (TPSA) is 106 Å². The van der Waals surface area contributed by atoms with Crippen molar-refractivity contribution in [3.63, 3.8) is 0 Å². The highest BCUT2D eigenvalue weighted by Crippen LogP contribution is 2.34. The van der Waals surface area contributed by atoms with E-state index in [9.17, 15) is 26.4 Å². The average molecular weight is 537 g/mol. The maximum absolute atomic E-state index is 13.2. The van der Waals surface area contributed by atoms with E-state index in [4.69, 9.17) is 16.7 Å². The quantitative estimate of drug-likeness (QED) is 0.321. The van der Waals surface area contributed by atoms with Crippen LogP contribution in [0.2, 0.25) is 5.02 Å². The smallest absolute Gasteiger partial charge is 0.478 e. The Morgan fingerprint density at radius 2 is 1.64 bits per heavy atom. The highest BCUT2D eigenvalue weighted by Gasteiger charge is 2.32. The van der Waals surface area contributed by atoms with Crippen molar-refractivity contribution >= 4 is 38.4 Å². The highest BCUT2D eigenvalue weighted by molar-refractivity contribution is 7.89. The molecule has 1 aromatic heterocycles. The summed E-state index contributed by atoms with van der Waals surface area (Å²) in [5.41, 5.74) is 0.246. The highest BCUT2D eigenvalue weighted by atomic mass is 35.5. The van der Waals surface area contributed by atoms with E-state index >= 15 is 0 Å². The van der Waals surface area contributed by atoms with Crippen LogP contribution < -0.4 is 9.46 Å². The van der Waals surface area contributed by atoms with Crippen LogP contribution >= 0.6 is 11.6 Å². The second-order valence-electron chi connectivity index (χ2n) is 7.55. The number of carboxylic acid groups (broad SMARTS) is 1. The van der Waals surface area contributed by atoms with Gasteiger partial charge in [0, 0.05) is 17.0 Å². The lowest BCUT2D eigenvalue weighted by molar-refractivity contribution is -0.274. The molecule has 186 valence electrons. The molecule has 1 atom stereocenters. The third-order valence-electron chi connectivity index (χ3n) is 5.17. The monoisotopic (exact) mass is 536 g/mol. The van der Waals surface area contributed by atoms with Crippen molar-refractivity contribution in [2.45, 2.75) is 17.3 Å². The number of nitrogens with one attached hydrogen (secondary N) is 1. The minimum absolute atomic E-state index is 0.106. The first-order chi connectivity index (χ1) is 16.9. The van der Waals surface area contributed by atoms with Crippen LogP contribution in [0.5, 0.6) is 5.75 Å². The van der Waals surface area contributed by atoms with Crippen LogP contribution in [0.1, 0.15) is 27.7 Å². The Morgan fingerprint density at radius 3 is 2.25 bits per heavy atom. The summed E-state index contributed by atoms with van der Waals surface area (Å²) in [5, 5.41) is 10.5. The van der Waals surface area contributed by atoms with Crippen molar-refractivity contribution in [3.8, 4) is 5.75 Å². The predicted octanol–water partition coefficient (Wildman–Crippen LogP) is 5.55. The number of benzene rings is 3. The number of hydrogen-bond donors (Lipinski definition) is 2. The van der Waals surface area contributed by atoms with E-state index in [-0.39, 0.29) is 26.7 Å². The van der Waals surface area contributed by atoms with Crippen molar-refractivity contribution in [2.75, 3.05) is 0 Å². The Kier molecular flexibility index (Phi) is 6.90. The van der Waals surface area contributed by atoms with Crippen molar-refractivity contribution in [1.82, 2.24) is 9.71 Å². The molecule has 0 bridgehead atoms. The Balaban J connectivity index is 1.78. The lowest BCUT2D eigenvalue weighted by Gasteiger charge is -2.21. The van der Waals surface area contributed by atoms with E-state index in [0.29, 0.717) is 10.8 Å². The molecule has 36 heavy (non-hydrogen) atoms. The van der Waals surface area contributed by atoms with Gasteiger partial charge in [0.15, 0.2) is 0 Å². The number of aromatic carboxylic acids is 1. The number of sulfonamides is 1. The van der Waals surface area contributed by atoms with E-state index < -0.39 is 34.1 Å². The lowest BCUT2D eigenvalue weighted by Crippen LogP contribution is -2.30. The van der Waals surface area contributed by atoms with Crippen LogP contribution in [0.4, 0.5) is 13.2 Å². The van der Waals surface area contributed by atoms with Crippen molar-refractivity contribution in [3.05, 3.63) is 101 Å². The molecule has 0 amide bonds. The molecule has 2 N–H and O–H groups in total. The van der Waals surface area contributed by atoms with Gasteiger partial charge >= 0.3 is 12.3 Å². The molecule has 0 aliphatic rings. The van der Waals surface area contributed by atoms with Crippen LogP contribution in [0.3, 0.4) is 0 Å². The maximum Gasteiger partial charge on any atom is 0.573 e. The minimum Gasteiger partial charge on any atom is -0.478 e. The van der Waals surface area contributed by atoms with E-state index in [1.807, 2.05) is 0 Å². The van der Waals surface area contributed by atoms with Gasteiger partial charge in [0.2, 0.25) is 10.0 Å². The van der Waals surface area contributed by atoms with Crippen LogP contribution in [-0.4, -0.2) is 30.8 Å². The second-order valence-corrected chi connectivity index (χ2v) is 9.64. The lowest BCUT2D eigenvalue weighted by atomic mass is 10.0. The molecule has 7 nitrogen and oxygen atoms in total. The zero-order valence-corrected chi connectivity index (χ0v) is 19.6. The van der Waals surface area contributed by atoms with Crippen LogP contribution in [-0.2, 0) is 10.0 Å². The third-order valence-corrected chi connectivity index (χ3v) is 7.01. The van der Waals surface area contributed by atoms with Gasteiger partial charge in [0.1, 0.15) is 5.75 Å². The molecular weight excluding hydrogens is 521 g/mol. The molecule has 0 fully saturated rings. The van der Waals surface area contributed by atoms with Crippen LogP contribution in [0.25, 0.3) is 10.8 Å². The number of aromatic nitrogens is 1. The molecule has 0 radical (unpaired) electrons. The number of ether oxygens (including phenoxy) is 1. The predicted molar refractivity (Wildman–Crippen MR) is 125 cm³/mol. The van der Waals surface area contributed by atoms with E-state index in [0.717, 1.165) is 36.4 Å². The summed E-state index contributed by atoms with van der Waals surface area (Å²) in [6.07, 6.45) is -3.39.